The average Bonchev–Trinajstić information content (AvgIpc) is 2.49. The number of aromatic nitrogens is 2. The minimum atomic E-state index is -1.18. The lowest BCUT2D eigenvalue weighted by molar-refractivity contribution is -0.137. The molecule has 21 heavy (non-hydrogen) atoms. The number of rotatable bonds is 4. The van der Waals surface area contributed by atoms with Gasteiger partial charge in [-0.15, -0.1) is 0 Å². The highest BCUT2D eigenvalue weighted by molar-refractivity contribution is 5.68. The SMILES string of the molecule is COc1ccc(-c2ncn(CC(=O)O)c(=O)c2C#N)cc1. The second-order valence-corrected chi connectivity index (χ2v) is 4.14. The molecular weight excluding hydrogens is 274 g/mol. The highest BCUT2D eigenvalue weighted by atomic mass is 16.5. The summed E-state index contributed by atoms with van der Waals surface area (Å²) in [4.78, 5) is 26.8. The van der Waals surface area contributed by atoms with Crippen LogP contribution in [0.2, 0.25) is 0 Å². The molecule has 7 heteroatoms. The van der Waals surface area contributed by atoms with Crippen LogP contribution in [0.5, 0.6) is 5.75 Å². The van der Waals surface area contributed by atoms with Gasteiger partial charge >= 0.3 is 5.97 Å². The summed E-state index contributed by atoms with van der Waals surface area (Å²) in [6.07, 6.45) is 1.12. The van der Waals surface area contributed by atoms with Crippen molar-refractivity contribution in [2.45, 2.75) is 6.54 Å². The van der Waals surface area contributed by atoms with Crippen LogP contribution in [-0.4, -0.2) is 27.7 Å². The lowest BCUT2D eigenvalue weighted by Crippen LogP contribution is -2.27. The van der Waals surface area contributed by atoms with E-state index in [2.05, 4.69) is 4.98 Å². The standard InChI is InChI=1S/C14H11N3O4/c1-21-10-4-2-9(3-5-10)13-11(6-15)14(20)17(8-16-13)7-12(18)19/h2-5,8H,7H2,1H3,(H,18,19). The average molecular weight is 285 g/mol. The van der Waals surface area contributed by atoms with E-state index in [1.807, 2.05) is 0 Å². The van der Waals surface area contributed by atoms with Gasteiger partial charge in [-0.3, -0.25) is 14.2 Å². The summed E-state index contributed by atoms with van der Waals surface area (Å²) in [5.74, 6) is -0.545. The zero-order valence-corrected chi connectivity index (χ0v) is 11.1. The first kappa shape index (κ1) is 14.3. The first-order valence-electron chi connectivity index (χ1n) is 5.92. The van der Waals surface area contributed by atoms with Crippen molar-refractivity contribution in [1.29, 1.82) is 5.26 Å². The summed E-state index contributed by atoms with van der Waals surface area (Å²) < 4.78 is 5.91. The molecule has 0 bridgehead atoms. The number of carboxylic acids is 1. The van der Waals surface area contributed by atoms with Crippen molar-refractivity contribution in [3.8, 4) is 23.1 Å². The van der Waals surface area contributed by atoms with Crippen LogP contribution in [0.1, 0.15) is 5.56 Å². The van der Waals surface area contributed by atoms with Gasteiger partial charge in [-0.05, 0) is 24.3 Å². The summed E-state index contributed by atoms with van der Waals surface area (Å²) in [6.45, 7) is -0.538. The molecule has 7 nitrogen and oxygen atoms in total. The van der Waals surface area contributed by atoms with Gasteiger partial charge in [0.15, 0.2) is 0 Å². The number of hydrogen-bond donors (Lipinski definition) is 1. The van der Waals surface area contributed by atoms with E-state index in [1.165, 1.54) is 7.11 Å². The van der Waals surface area contributed by atoms with Crippen molar-refractivity contribution >= 4 is 5.97 Å². The molecule has 1 aromatic carbocycles. The molecule has 1 aromatic heterocycles. The third kappa shape index (κ3) is 2.90. The molecule has 0 aliphatic carbocycles. The van der Waals surface area contributed by atoms with Crippen molar-refractivity contribution < 1.29 is 14.6 Å². The molecule has 2 rings (SSSR count). The van der Waals surface area contributed by atoms with E-state index in [-0.39, 0.29) is 11.3 Å². The zero-order chi connectivity index (χ0) is 15.4. The van der Waals surface area contributed by atoms with Crippen molar-refractivity contribution in [2.75, 3.05) is 7.11 Å². The third-order valence-corrected chi connectivity index (χ3v) is 2.82. The van der Waals surface area contributed by atoms with Crippen molar-refractivity contribution in [3.05, 3.63) is 46.5 Å². The Hall–Kier alpha value is -3.14. The van der Waals surface area contributed by atoms with Crippen molar-refractivity contribution in [2.24, 2.45) is 0 Å². The number of methoxy groups -OCH3 is 1. The summed E-state index contributed by atoms with van der Waals surface area (Å²) in [5.41, 5.74) is -0.0802. The van der Waals surface area contributed by atoms with E-state index in [9.17, 15) is 9.59 Å². The van der Waals surface area contributed by atoms with Crippen LogP contribution >= 0.6 is 0 Å². The van der Waals surface area contributed by atoms with E-state index in [0.29, 0.717) is 11.3 Å². The van der Waals surface area contributed by atoms with Crippen molar-refractivity contribution in [3.63, 3.8) is 0 Å². The van der Waals surface area contributed by atoms with Crippen molar-refractivity contribution in [1.82, 2.24) is 9.55 Å². The third-order valence-electron chi connectivity index (χ3n) is 2.82. The Kier molecular flexibility index (Phi) is 4.00. The highest BCUT2D eigenvalue weighted by Gasteiger charge is 2.14. The summed E-state index contributed by atoms with van der Waals surface area (Å²) in [7, 11) is 1.53. The van der Waals surface area contributed by atoms with Gasteiger partial charge in [0.25, 0.3) is 5.56 Å². The number of carbonyl (C=O) groups is 1. The number of nitriles is 1. The van der Waals surface area contributed by atoms with Crippen LogP contribution in [0.4, 0.5) is 0 Å². The molecule has 0 aliphatic rings. The van der Waals surface area contributed by atoms with Gasteiger partial charge in [-0.1, -0.05) is 0 Å². The molecule has 0 unspecified atom stereocenters. The Labute approximate surface area is 119 Å². The molecule has 2 aromatic rings. The number of nitrogens with zero attached hydrogens (tertiary/aromatic N) is 3. The van der Waals surface area contributed by atoms with E-state index in [0.717, 1.165) is 10.9 Å². The molecule has 0 saturated heterocycles. The lowest BCUT2D eigenvalue weighted by atomic mass is 10.1. The van der Waals surface area contributed by atoms with E-state index in [4.69, 9.17) is 15.1 Å². The predicted octanol–water partition coefficient (Wildman–Crippen LogP) is 0.875. The smallest absolute Gasteiger partial charge is 0.323 e. The van der Waals surface area contributed by atoms with Crippen LogP contribution in [0.15, 0.2) is 35.4 Å². The minimum Gasteiger partial charge on any atom is -0.497 e. The maximum absolute atomic E-state index is 12.1. The van der Waals surface area contributed by atoms with E-state index in [1.54, 1.807) is 30.3 Å². The monoisotopic (exact) mass is 285 g/mol. The fraction of sp³-hybridized carbons (Fsp3) is 0.143. The molecular formula is C14H11N3O4. The number of ether oxygens (including phenoxy) is 1. The quantitative estimate of drug-likeness (QED) is 0.893. The number of hydrogen-bond acceptors (Lipinski definition) is 5. The van der Waals surface area contributed by atoms with Crippen LogP contribution in [0.25, 0.3) is 11.3 Å². The fourth-order valence-electron chi connectivity index (χ4n) is 1.82. The second kappa shape index (κ2) is 5.88. The van der Waals surface area contributed by atoms with Crippen LogP contribution in [0.3, 0.4) is 0 Å². The van der Waals surface area contributed by atoms with Crippen LogP contribution < -0.4 is 10.3 Å². The van der Waals surface area contributed by atoms with E-state index < -0.39 is 18.1 Å². The van der Waals surface area contributed by atoms with Gasteiger partial charge in [0.05, 0.1) is 19.1 Å². The molecule has 0 radical (unpaired) electrons. The molecule has 1 N–H and O–H groups in total. The number of carboxylic acid groups (broad SMARTS) is 1. The van der Waals surface area contributed by atoms with Gasteiger partial charge in [0, 0.05) is 5.56 Å². The molecule has 0 amide bonds. The molecule has 0 aliphatic heterocycles. The molecule has 1 heterocycles. The molecule has 106 valence electrons. The Balaban J connectivity index is 2.54. The maximum atomic E-state index is 12.1. The molecule has 0 fully saturated rings. The Morgan fingerprint density at radius 1 is 1.43 bits per heavy atom. The number of benzene rings is 1. The minimum absolute atomic E-state index is 0.191. The number of aliphatic carboxylic acids is 1. The fourth-order valence-corrected chi connectivity index (χ4v) is 1.82. The first-order chi connectivity index (χ1) is 10.1. The first-order valence-corrected chi connectivity index (χ1v) is 5.92. The van der Waals surface area contributed by atoms with E-state index >= 15 is 0 Å². The molecule has 0 saturated carbocycles. The second-order valence-electron chi connectivity index (χ2n) is 4.14. The summed E-state index contributed by atoms with van der Waals surface area (Å²) in [5, 5.41) is 17.9. The van der Waals surface area contributed by atoms with Gasteiger partial charge in [-0.25, -0.2) is 4.98 Å². The topological polar surface area (TPSA) is 105 Å². The van der Waals surface area contributed by atoms with Gasteiger partial charge in [0.1, 0.15) is 23.9 Å². The summed E-state index contributed by atoms with van der Waals surface area (Å²) >= 11 is 0. The van der Waals surface area contributed by atoms with Gasteiger partial charge in [0.2, 0.25) is 0 Å². The predicted molar refractivity (Wildman–Crippen MR) is 72.8 cm³/mol. The normalized spacial score (nSPS) is 9.90. The maximum Gasteiger partial charge on any atom is 0.323 e. The zero-order valence-electron chi connectivity index (χ0n) is 11.1. The van der Waals surface area contributed by atoms with Crippen LogP contribution in [0, 0.1) is 11.3 Å². The highest BCUT2D eigenvalue weighted by Crippen LogP contribution is 2.21. The Morgan fingerprint density at radius 2 is 2.10 bits per heavy atom. The molecule has 0 spiro atoms. The summed E-state index contributed by atoms with van der Waals surface area (Å²) in [6, 6.07) is 8.49. The lowest BCUT2D eigenvalue weighted by Gasteiger charge is -2.07. The van der Waals surface area contributed by atoms with Gasteiger partial charge < -0.3 is 9.84 Å². The Bertz CT molecular complexity index is 772. The van der Waals surface area contributed by atoms with Crippen LogP contribution in [-0.2, 0) is 11.3 Å². The van der Waals surface area contributed by atoms with Gasteiger partial charge in [-0.2, -0.15) is 5.26 Å². The Morgan fingerprint density at radius 3 is 2.62 bits per heavy atom. The largest absolute Gasteiger partial charge is 0.497 e. The molecule has 0 atom stereocenters.